The summed E-state index contributed by atoms with van der Waals surface area (Å²) >= 11 is 0. The lowest BCUT2D eigenvalue weighted by Gasteiger charge is -2.25. The summed E-state index contributed by atoms with van der Waals surface area (Å²) < 4.78 is 0. The number of carbonyl (C=O) groups is 2. The van der Waals surface area contributed by atoms with Gasteiger partial charge in [-0.05, 0) is 17.9 Å². The van der Waals surface area contributed by atoms with Crippen LogP contribution in [0.1, 0.15) is 37.7 Å². The van der Waals surface area contributed by atoms with E-state index in [0.717, 1.165) is 24.8 Å². The molecule has 1 atom stereocenters. The number of carbonyl (C=O) groups excluding carboxylic acids is 2. The molecule has 1 saturated carbocycles. The van der Waals surface area contributed by atoms with Crippen molar-refractivity contribution in [2.75, 3.05) is 13.2 Å². The first kappa shape index (κ1) is 18.4. The standard InChI is InChI=1S/C18H27N3O3/c19-13-20-18(23)17(10-15-6-4-5-7-15)11-21(14-22)24-12-16-8-2-1-3-9-16/h1-3,8-9,14-15,17H,4-7,10-13,19H2,(H,20,23)/t17-/m1/s1. The van der Waals surface area contributed by atoms with E-state index in [0.29, 0.717) is 18.9 Å². The molecule has 2 amide bonds. The number of nitrogens with one attached hydrogen (secondary N) is 1. The first-order valence-corrected chi connectivity index (χ1v) is 8.59. The van der Waals surface area contributed by atoms with Gasteiger partial charge >= 0.3 is 0 Å². The van der Waals surface area contributed by atoms with E-state index in [-0.39, 0.29) is 25.0 Å². The lowest BCUT2D eigenvalue weighted by Crippen LogP contribution is -2.41. The molecule has 1 fully saturated rings. The van der Waals surface area contributed by atoms with Gasteiger partial charge < -0.3 is 11.1 Å². The Kier molecular flexibility index (Phi) is 7.71. The highest BCUT2D eigenvalue weighted by Gasteiger charge is 2.27. The van der Waals surface area contributed by atoms with Crippen LogP contribution in [-0.2, 0) is 21.0 Å². The van der Waals surface area contributed by atoms with Gasteiger partial charge in [0.2, 0.25) is 12.3 Å². The third-order valence-electron chi connectivity index (χ3n) is 4.50. The molecule has 1 aliphatic rings. The molecular weight excluding hydrogens is 306 g/mol. The summed E-state index contributed by atoms with van der Waals surface area (Å²) in [4.78, 5) is 29.1. The largest absolute Gasteiger partial charge is 0.343 e. The van der Waals surface area contributed by atoms with E-state index in [9.17, 15) is 9.59 Å². The van der Waals surface area contributed by atoms with Crippen LogP contribution in [-0.4, -0.2) is 30.6 Å². The summed E-state index contributed by atoms with van der Waals surface area (Å²) in [5, 5.41) is 3.89. The van der Waals surface area contributed by atoms with Crippen LogP contribution in [0.15, 0.2) is 30.3 Å². The van der Waals surface area contributed by atoms with Gasteiger partial charge in [-0.1, -0.05) is 56.0 Å². The van der Waals surface area contributed by atoms with Crippen LogP contribution in [0, 0.1) is 11.8 Å². The van der Waals surface area contributed by atoms with E-state index in [2.05, 4.69) is 5.32 Å². The van der Waals surface area contributed by atoms with E-state index >= 15 is 0 Å². The highest BCUT2D eigenvalue weighted by Crippen LogP contribution is 2.30. The Labute approximate surface area is 143 Å². The average Bonchev–Trinajstić information content (AvgIpc) is 3.11. The molecule has 132 valence electrons. The quantitative estimate of drug-likeness (QED) is 0.388. The molecule has 0 aromatic heterocycles. The molecule has 1 aliphatic carbocycles. The second kappa shape index (κ2) is 10.1. The maximum atomic E-state index is 12.3. The summed E-state index contributed by atoms with van der Waals surface area (Å²) in [5.41, 5.74) is 6.40. The minimum Gasteiger partial charge on any atom is -0.343 e. The zero-order valence-electron chi connectivity index (χ0n) is 14.0. The fraction of sp³-hybridized carbons (Fsp3) is 0.556. The third kappa shape index (κ3) is 5.94. The normalized spacial score (nSPS) is 15.9. The summed E-state index contributed by atoms with van der Waals surface area (Å²) in [6.07, 6.45) is 6.15. The van der Waals surface area contributed by atoms with Crippen LogP contribution >= 0.6 is 0 Å². The lowest BCUT2D eigenvalue weighted by molar-refractivity contribution is -0.182. The number of hydrogen-bond acceptors (Lipinski definition) is 4. The van der Waals surface area contributed by atoms with Gasteiger partial charge in [-0.3, -0.25) is 14.4 Å². The van der Waals surface area contributed by atoms with Crippen molar-refractivity contribution in [3.63, 3.8) is 0 Å². The molecule has 3 N–H and O–H groups in total. The molecule has 1 aromatic rings. The van der Waals surface area contributed by atoms with E-state index in [1.54, 1.807) is 0 Å². The van der Waals surface area contributed by atoms with Crippen LogP contribution in [0.25, 0.3) is 0 Å². The Hall–Kier alpha value is -1.92. The van der Waals surface area contributed by atoms with Gasteiger partial charge in [-0.25, -0.2) is 5.06 Å². The maximum absolute atomic E-state index is 12.3. The molecule has 2 rings (SSSR count). The predicted octanol–water partition coefficient (Wildman–Crippen LogP) is 1.81. The van der Waals surface area contributed by atoms with Crippen molar-refractivity contribution in [1.29, 1.82) is 0 Å². The van der Waals surface area contributed by atoms with E-state index in [4.69, 9.17) is 10.6 Å². The van der Waals surface area contributed by atoms with Crippen LogP contribution in [0.5, 0.6) is 0 Å². The second-order valence-electron chi connectivity index (χ2n) is 6.29. The van der Waals surface area contributed by atoms with Crippen molar-refractivity contribution >= 4 is 12.3 Å². The smallest absolute Gasteiger partial charge is 0.233 e. The molecule has 0 radical (unpaired) electrons. The SMILES string of the molecule is NCNC(=O)[C@H](CC1CCCC1)CN(C=O)OCc1ccccc1. The molecule has 0 aliphatic heterocycles. The van der Waals surface area contributed by atoms with Gasteiger partial charge in [-0.15, -0.1) is 0 Å². The lowest BCUT2D eigenvalue weighted by atomic mass is 9.92. The zero-order valence-corrected chi connectivity index (χ0v) is 14.0. The molecule has 0 saturated heterocycles. The number of nitrogens with zero attached hydrogens (tertiary/aromatic N) is 1. The van der Waals surface area contributed by atoms with Crippen molar-refractivity contribution in [2.45, 2.75) is 38.7 Å². The Balaban J connectivity index is 1.90. The van der Waals surface area contributed by atoms with Gasteiger partial charge in [0.05, 0.1) is 19.1 Å². The maximum Gasteiger partial charge on any atom is 0.233 e. The van der Waals surface area contributed by atoms with Gasteiger partial charge in [0.25, 0.3) is 0 Å². The predicted molar refractivity (Wildman–Crippen MR) is 91.3 cm³/mol. The monoisotopic (exact) mass is 333 g/mol. The van der Waals surface area contributed by atoms with Crippen LogP contribution in [0.3, 0.4) is 0 Å². The van der Waals surface area contributed by atoms with Crippen molar-refractivity contribution in [2.24, 2.45) is 17.6 Å². The van der Waals surface area contributed by atoms with Crippen LogP contribution < -0.4 is 11.1 Å². The number of amides is 2. The Morgan fingerprint density at radius 3 is 2.67 bits per heavy atom. The first-order valence-electron chi connectivity index (χ1n) is 8.59. The first-order chi connectivity index (χ1) is 11.7. The van der Waals surface area contributed by atoms with Gasteiger partial charge in [-0.2, -0.15) is 0 Å². The van der Waals surface area contributed by atoms with E-state index < -0.39 is 0 Å². The van der Waals surface area contributed by atoms with Crippen LogP contribution in [0.4, 0.5) is 0 Å². The number of rotatable bonds is 10. The van der Waals surface area contributed by atoms with Crippen LogP contribution in [0.2, 0.25) is 0 Å². The highest BCUT2D eigenvalue weighted by atomic mass is 16.7. The number of nitrogens with two attached hydrogens (primary N) is 1. The fourth-order valence-electron chi connectivity index (χ4n) is 3.23. The van der Waals surface area contributed by atoms with E-state index in [1.807, 2.05) is 30.3 Å². The Morgan fingerprint density at radius 1 is 1.33 bits per heavy atom. The molecule has 1 aromatic carbocycles. The van der Waals surface area contributed by atoms with E-state index in [1.165, 1.54) is 17.9 Å². The summed E-state index contributed by atoms with van der Waals surface area (Å²) in [6, 6.07) is 9.62. The molecule has 6 heteroatoms. The molecule has 0 unspecified atom stereocenters. The Bertz CT molecular complexity index is 503. The summed E-state index contributed by atoms with van der Waals surface area (Å²) in [7, 11) is 0. The molecule has 0 bridgehead atoms. The highest BCUT2D eigenvalue weighted by molar-refractivity contribution is 5.79. The Morgan fingerprint density at radius 2 is 2.04 bits per heavy atom. The number of hydroxylamine groups is 2. The second-order valence-corrected chi connectivity index (χ2v) is 6.29. The topological polar surface area (TPSA) is 84.7 Å². The van der Waals surface area contributed by atoms with Gasteiger partial charge in [0.15, 0.2) is 0 Å². The third-order valence-corrected chi connectivity index (χ3v) is 4.50. The molecule has 0 spiro atoms. The summed E-state index contributed by atoms with van der Waals surface area (Å²) in [6.45, 7) is 0.652. The van der Waals surface area contributed by atoms with Gasteiger partial charge in [0.1, 0.15) is 6.61 Å². The van der Waals surface area contributed by atoms with Crippen molar-refractivity contribution in [3.05, 3.63) is 35.9 Å². The minimum absolute atomic E-state index is 0.103. The van der Waals surface area contributed by atoms with Crippen molar-refractivity contribution in [1.82, 2.24) is 10.4 Å². The number of hydrogen-bond donors (Lipinski definition) is 2. The zero-order chi connectivity index (χ0) is 17.2. The molecular formula is C18H27N3O3. The molecule has 0 heterocycles. The number of benzene rings is 1. The molecule has 24 heavy (non-hydrogen) atoms. The molecule has 6 nitrogen and oxygen atoms in total. The van der Waals surface area contributed by atoms with Gasteiger partial charge in [0, 0.05) is 0 Å². The summed E-state index contributed by atoms with van der Waals surface area (Å²) in [5.74, 6) is 0.137. The fourth-order valence-corrected chi connectivity index (χ4v) is 3.23. The van der Waals surface area contributed by atoms with Crippen molar-refractivity contribution < 1.29 is 14.4 Å². The van der Waals surface area contributed by atoms with Crippen molar-refractivity contribution in [3.8, 4) is 0 Å². The average molecular weight is 333 g/mol. The minimum atomic E-state index is -0.294.